The fraction of sp³-hybridized carbons (Fsp3) is 0.611. The van der Waals surface area contributed by atoms with Crippen molar-refractivity contribution in [3.05, 3.63) is 34.3 Å². The third kappa shape index (κ3) is 5.03. The summed E-state index contributed by atoms with van der Waals surface area (Å²) >= 11 is 3.48. The molecule has 2 aliphatic heterocycles. The van der Waals surface area contributed by atoms with Crippen molar-refractivity contribution in [2.75, 3.05) is 26.2 Å². The van der Waals surface area contributed by atoms with Crippen LogP contribution in [-0.4, -0.2) is 43.0 Å². The van der Waals surface area contributed by atoms with Crippen LogP contribution in [0.25, 0.3) is 0 Å². The summed E-state index contributed by atoms with van der Waals surface area (Å²) in [6, 6.07) is 8.61. The summed E-state index contributed by atoms with van der Waals surface area (Å²) in [6.45, 7) is 5.03. The number of nitrogens with zero attached hydrogens (tertiary/aromatic N) is 1. The molecule has 1 aromatic rings. The third-order valence-corrected chi connectivity index (χ3v) is 5.39. The van der Waals surface area contributed by atoms with Crippen molar-refractivity contribution in [1.82, 2.24) is 15.5 Å². The van der Waals surface area contributed by atoms with E-state index in [1.165, 1.54) is 18.4 Å². The van der Waals surface area contributed by atoms with Crippen molar-refractivity contribution < 1.29 is 4.79 Å². The molecule has 2 aliphatic rings. The normalized spacial score (nSPS) is 25.4. The van der Waals surface area contributed by atoms with E-state index in [2.05, 4.69) is 55.7 Å². The molecule has 0 saturated carbocycles. The summed E-state index contributed by atoms with van der Waals surface area (Å²) in [5.74, 6) is 0.761. The first kappa shape index (κ1) is 16.9. The summed E-state index contributed by atoms with van der Waals surface area (Å²) in [7, 11) is 0. The molecular formula is C18H26BrN3O. The van der Waals surface area contributed by atoms with Crippen molar-refractivity contribution in [1.29, 1.82) is 0 Å². The maximum Gasteiger partial charge on any atom is 0.237 e. The van der Waals surface area contributed by atoms with Crippen molar-refractivity contribution >= 4 is 21.8 Å². The fourth-order valence-corrected chi connectivity index (χ4v) is 3.85. The Bertz CT molecular complexity index is 514. The highest BCUT2D eigenvalue weighted by molar-refractivity contribution is 9.10. The minimum absolute atomic E-state index is 0.0393. The Kier molecular flexibility index (Phi) is 6.08. The van der Waals surface area contributed by atoms with Crippen LogP contribution in [0.4, 0.5) is 0 Å². The molecule has 0 spiro atoms. The SMILES string of the molecule is O=C(NCC1CCCN(Cc2ccc(Br)cc2)C1)C1CCCN1. The second-order valence-electron chi connectivity index (χ2n) is 6.76. The van der Waals surface area contributed by atoms with Gasteiger partial charge in [0.2, 0.25) is 5.91 Å². The average Bonchev–Trinajstić information content (AvgIpc) is 3.10. The van der Waals surface area contributed by atoms with Gasteiger partial charge < -0.3 is 10.6 Å². The topological polar surface area (TPSA) is 44.4 Å². The Hall–Kier alpha value is -0.910. The highest BCUT2D eigenvalue weighted by Gasteiger charge is 2.24. The first-order chi connectivity index (χ1) is 11.2. The zero-order chi connectivity index (χ0) is 16.1. The lowest BCUT2D eigenvalue weighted by Gasteiger charge is -2.33. The molecule has 5 heteroatoms. The molecule has 2 heterocycles. The number of likely N-dealkylation sites (tertiary alicyclic amines) is 1. The van der Waals surface area contributed by atoms with Crippen molar-refractivity contribution in [2.45, 2.75) is 38.3 Å². The first-order valence-electron chi connectivity index (χ1n) is 8.68. The highest BCUT2D eigenvalue weighted by Crippen LogP contribution is 2.19. The van der Waals surface area contributed by atoms with Crippen LogP contribution in [0.5, 0.6) is 0 Å². The average molecular weight is 380 g/mol. The van der Waals surface area contributed by atoms with Gasteiger partial charge in [-0.15, -0.1) is 0 Å². The van der Waals surface area contributed by atoms with Crippen LogP contribution < -0.4 is 10.6 Å². The summed E-state index contributed by atoms with van der Waals surface area (Å²) in [5.41, 5.74) is 1.35. The van der Waals surface area contributed by atoms with E-state index in [1.807, 2.05) is 0 Å². The van der Waals surface area contributed by atoms with E-state index in [-0.39, 0.29) is 11.9 Å². The first-order valence-corrected chi connectivity index (χ1v) is 9.48. The van der Waals surface area contributed by atoms with Gasteiger partial charge in [-0.25, -0.2) is 0 Å². The molecule has 0 aliphatic carbocycles. The lowest BCUT2D eigenvalue weighted by molar-refractivity contribution is -0.123. The fourth-order valence-electron chi connectivity index (χ4n) is 3.59. The molecule has 23 heavy (non-hydrogen) atoms. The molecule has 0 bridgehead atoms. The third-order valence-electron chi connectivity index (χ3n) is 4.86. The smallest absolute Gasteiger partial charge is 0.237 e. The van der Waals surface area contributed by atoms with Gasteiger partial charge in [-0.2, -0.15) is 0 Å². The van der Waals surface area contributed by atoms with E-state index < -0.39 is 0 Å². The number of nitrogens with one attached hydrogen (secondary N) is 2. The molecule has 0 radical (unpaired) electrons. The second-order valence-corrected chi connectivity index (χ2v) is 7.68. The van der Waals surface area contributed by atoms with E-state index in [4.69, 9.17) is 0 Å². The molecule has 126 valence electrons. The van der Waals surface area contributed by atoms with Gasteiger partial charge >= 0.3 is 0 Å². The molecule has 2 unspecified atom stereocenters. The number of halogens is 1. The summed E-state index contributed by atoms with van der Waals surface area (Å²) in [6.07, 6.45) is 4.53. The Labute approximate surface area is 147 Å². The van der Waals surface area contributed by atoms with E-state index >= 15 is 0 Å². The largest absolute Gasteiger partial charge is 0.354 e. The van der Waals surface area contributed by atoms with Crippen LogP contribution in [0, 0.1) is 5.92 Å². The Morgan fingerprint density at radius 1 is 1.26 bits per heavy atom. The Morgan fingerprint density at radius 3 is 2.83 bits per heavy atom. The monoisotopic (exact) mass is 379 g/mol. The zero-order valence-corrected chi connectivity index (χ0v) is 15.1. The van der Waals surface area contributed by atoms with Gasteiger partial charge in [0, 0.05) is 24.1 Å². The second kappa shape index (κ2) is 8.27. The summed E-state index contributed by atoms with van der Waals surface area (Å²) in [4.78, 5) is 14.6. The molecule has 1 aromatic carbocycles. The molecule has 2 N–H and O–H groups in total. The molecule has 1 amide bonds. The number of benzene rings is 1. The minimum atomic E-state index is 0.0393. The van der Waals surface area contributed by atoms with Gasteiger partial charge in [-0.05, 0) is 62.4 Å². The number of hydrogen-bond donors (Lipinski definition) is 2. The number of hydrogen-bond acceptors (Lipinski definition) is 3. The maximum atomic E-state index is 12.1. The lowest BCUT2D eigenvalue weighted by atomic mass is 9.97. The zero-order valence-electron chi connectivity index (χ0n) is 13.6. The number of rotatable bonds is 5. The van der Waals surface area contributed by atoms with Crippen molar-refractivity contribution in [3.63, 3.8) is 0 Å². The molecular weight excluding hydrogens is 354 g/mol. The molecule has 3 rings (SSSR count). The number of carbonyl (C=O) groups is 1. The van der Waals surface area contributed by atoms with Gasteiger partial charge in [-0.3, -0.25) is 9.69 Å². The quantitative estimate of drug-likeness (QED) is 0.825. The van der Waals surface area contributed by atoms with Gasteiger partial charge in [0.1, 0.15) is 0 Å². The standard InChI is InChI=1S/C18H26BrN3O/c19-16-7-5-14(6-8-16)12-22-10-2-3-15(13-22)11-21-18(23)17-4-1-9-20-17/h5-8,15,17,20H,1-4,9-13H2,(H,21,23). The number of carbonyl (C=O) groups excluding carboxylic acids is 1. The van der Waals surface area contributed by atoms with Crippen LogP contribution in [0.15, 0.2) is 28.7 Å². The summed E-state index contributed by atoms with van der Waals surface area (Å²) < 4.78 is 1.13. The van der Waals surface area contributed by atoms with E-state index in [1.54, 1.807) is 0 Å². The summed E-state index contributed by atoms with van der Waals surface area (Å²) in [5, 5.41) is 6.42. The van der Waals surface area contributed by atoms with E-state index in [0.717, 1.165) is 50.0 Å². The van der Waals surface area contributed by atoms with Gasteiger partial charge in [-0.1, -0.05) is 28.1 Å². The number of amides is 1. The highest BCUT2D eigenvalue weighted by atomic mass is 79.9. The number of piperidine rings is 1. The molecule has 0 aromatic heterocycles. The Balaban J connectivity index is 1.44. The van der Waals surface area contributed by atoms with Crippen LogP contribution in [-0.2, 0) is 11.3 Å². The Morgan fingerprint density at radius 2 is 2.09 bits per heavy atom. The molecule has 2 atom stereocenters. The predicted molar refractivity (Wildman–Crippen MR) is 96.2 cm³/mol. The van der Waals surface area contributed by atoms with Crippen LogP contribution in [0.2, 0.25) is 0 Å². The van der Waals surface area contributed by atoms with Crippen LogP contribution >= 0.6 is 15.9 Å². The maximum absolute atomic E-state index is 12.1. The van der Waals surface area contributed by atoms with Crippen LogP contribution in [0.3, 0.4) is 0 Å². The minimum Gasteiger partial charge on any atom is -0.354 e. The lowest BCUT2D eigenvalue weighted by Crippen LogP contribution is -2.45. The predicted octanol–water partition coefficient (Wildman–Crippen LogP) is 2.53. The van der Waals surface area contributed by atoms with Crippen molar-refractivity contribution in [3.8, 4) is 0 Å². The molecule has 2 saturated heterocycles. The van der Waals surface area contributed by atoms with Gasteiger partial charge in [0.15, 0.2) is 0 Å². The van der Waals surface area contributed by atoms with Crippen LogP contribution in [0.1, 0.15) is 31.2 Å². The molecule has 4 nitrogen and oxygen atoms in total. The van der Waals surface area contributed by atoms with Crippen molar-refractivity contribution in [2.24, 2.45) is 5.92 Å². The van der Waals surface area contributed by atoms with Gasteiger partial charge in [0.05, 0.1) is 6.04 Å². The van der Waals surface area contributed by atoms with Gasteiger partial charge in [0.25, 0.3) is 0 Å². The van der Waals surface area contributed by atoms with E-state index in [9.17, 15) is 4.79 Å². The van der Waals surface area contributed by atoms with E-state index in [0.29, 0.717) is 5.92 Å². The molecule has 2 fully saturated rings.